The van der Waals surface area contributed by atoms with E-state index in [2.05, 4.69) is 10.4 Å². The first-order valence-corrected chi connectivity index (χ1v) is 6.18. The molecule has 0 saturated carbocycles. The molecule has 0 spiro atoms. The Morgan fingerprint density at radius 2 is 2.06 bits per heavy atom. The molecule has 0 atom stereocenters. The molecular weight excluding hydrogens is 226 g/mol. The van der Waals surface area contributed by atoms with Crippen LogP contribution in [-0.4, -0.2) is 28.5 Å². The predicted octanol–water partition coefficient (Wildman–Crippen LogP) is 1.94. The van der Waals surface area contributed by atoms with Gasteiger partial charge in [-0.25, -0.2) is 0 Å². The number of aryl methyl sites for hydroxylation is 1. The quantitative estimate of drug-likeness (QED) is 0.792. The van der Waals surface area contributed by atoms with Crippen molar-refractivity contribution in [3.63, 3.8) is 0 Å². The van der Waals surface area contributed by atoms with Crippen LogP contribution in [0, 0.1) is 0 Å². The van der Waals surface area contributed by atoms with E-state index in [0.29, 0.717) is 5.75 Å². The summed E-state index contributed by atoms with van der Waals surface area (Å²) in [5.74, 6) is 0.306. The van der Waals surface area contributed by atoms with Crippen molar-refractivity contribution in [2.45, 2.75) is 12.8 Å². The van der Waals surface area contributed by atoms with Gasteiger partial charge in [0.05, 0.1) is 6.20 Å². The van der Waals surface area contributed by atoms with Gasteiger partial charge in [-0.2, -0.15) is 5.10 Å². The van der Waals surface area contributed by atoms with E-state index in [0.717, 1.165) is 36.2 Å². The summed E-state index contributed by atoms with van der Waals surface area (Å²) in [6, 6.07) is 7.39. The number of nitrogens with one attached hydrogen (secondary N) is 1. The van der Waals surface area contributed by atoms with Crippen molar-refractivity contribution >= 4 is 0 Å². The van der Waals surface area contributed by atoms with Crippen LogP contribution in [-0.2, 0) is 13.5 Å². The fraction of sp³-hybridized carbons (Fsp3) is 0.357. The molecule has 1 aromatic heterocycles. The van der Waals surface area contributed by atoms with Crippen molar-refractivity contribution in [1.82, 2.24) is 15.1 Å². The van der Waals surface area contributed by atoms with E-state index in [4.69, 9.17) is 0 Å². The van der Waals surface area contributed by atoms with Gasteiger partial charge in [0, 0.05) is 23.9 Å². The topological polar surface area (TPSA) is 50.1 Å². The normalized spacial score (nSPS) is 10.8. The third-order valence-electron chi connectivity index (χ3n) is 3.10. The number of aromatic nitrogens is 2. The molecule has 0 aliphatic heterocycles. The Labute approximate surface area is 107 Å². The second kappa shape index (κ2) is 5.69. The summed E-state index contributed by atoms with van der Waals surface area (Å²) < 4.78 is 1.89. The van der Waals surface area contributed by atoms with Crippen LogP contribution < -0.4 is 5.32 Å². The van der Waals surface area contributed by atoms with Crippen molar-refractivity contribution in [3.05, 3.63) is 36.2 Å². The molecule has 0 bridgehead atoms. The zero-order chi connectivity index (χ0) is 13.0. The third-order valence-corrected chi connectivity index (χ3v) is 3.10. The predicted molar refractivity (Wildman–Crippen MR) is 72.6 cm³/mol. The molecule has 0 aliphatic rings. The average Bonchev–Trinajstić information content (AvgIpc) is 2.72. The van der Waals surface area contributed by atoms with Gasteiger partial charge in [0.25, 0.3) is 0 Å². The molecule has 1 heterocycles. The summed E-state index contributed by atoms with van der Waals surface area (Å²) in [7, 11) is 3.89. The highest BCUT2D eigenvalue weighted by molar-refractivity contribution is 5.71. The van der Waals surface area contributed by atoms with Crippen molar-refractivity contribution in [2.75, 3.05) is 13.6 Å². The molecule has 2 rings (SSSR count). The molecule has 0 amide bonds. The van der Waals surface area contributed by atoms with Gasteiger partial charge in [-0.05, 0) is 32.5 Å². The lowest BCUT2D eigenvalue weighted by molar-refractivity contribution is 0.477. The highest BCUT2D eigenvalue weighted by Gasteiger charge is 2.12. The average molecular weight is 245 g/mol. The summed E-state index contributed by atoms with van der Waals surface area (Å²) in [5, 5.41) is 17.4. The fourth-order valence-electron chi connectivity index (χ4n) is 2.12. The highest BCUT2D eigenvalue weighted by atomic mass is 16.3. The zero-order valence-corrected chi connectivity index (χ0v) is 10.8. The number of aromatic hydroxyl groups is 1. The number of rotatable bonds is 5. The van der Waals surface area contributed by atoms with Gasteiger partial charge < -0.3 is 10.4 Å². The molecule has 2 N–H and O–H groups in total. The molecule has 0 fully saturated rings. The van der Waals surface area contributed by atoms with Crippen LogP contribution in [0.25, 0.3) is 11.1 Å². The molecule has 4 heteroatoms. The van der Waals surface area contributed by atoms with E-state index in [1.54, 1.807) is 6.07 Å². The minimum atomic E-state index is 0.306. The Hall–Kier alpha value is -1.81. The Morgan fingerprint density at radius 1 is 1.28 bits per heavy atom. The van der Waals surface area contributed by atoms with Crippen LogP contribution in [0.2, 0.25) is 0 Å². The fourth-order valence-corrected chi connectivity index (χ4v) is 2.12. The van der Waals surface area contributed by atoms with E-state index in [1.807, 2.05) is 43.2 Å². The van der Waals surface area contributed by atoms with Crippen LogP contribution >= 0.6 is 0 Å². The van der Waals surface area contributed by atoms with Gasteiger partial charge in [-0.1, -0.05) is 18.2 Å². The maximum absolute atomic E-state index is 9.92. The van der Waals surface area contributed by atoms with Gasteiger partial charge in [-0.3, -0.25) is 4.68 Å². The van der Waals surface area contributed by atoms with E-state index in [1.165, 1.54) is 0 Å². The highest BCUT2D eigenvalue weighted by Crippen LogP contribution is 2.31. The first kappa shape index (κ1) is 12.6. The lowest BCUT2D eigenvalue weighted by atomic mass is 10.0. The Bertz CT molecular complexity index is 520. The van der Waals surface area contributed by atoms with Crippen LogP contribution in [0.4, 0.5) is 0 Å². The summed E-state index contributed by atoms with van der Waals surface area (Å²) in [6.07, 6.45) is 3.82. The van der Waals surface area contributed by atoms with Gasteiger partial charge in [0.2, 0.25) is 0 Å². The summed E-state index contributed by atoms with van der Waals surface area (Å²) in [6.45, 7) is 0.978. The molecule has 0 radical (unpaired) electrons. The number of phenols is 1. The van der Waals surface area contributed by atoms with Gasteiger partial charge >= 0.3 is 0 Å². The number of benzene rings is 1. The summed E-state index contributed by atoms with van der Waals surface area (Å²) in [4.78, 5) is 0. The summed E-state index contributed by atoms with van der Waals surface area (Å²) >= 11 is 0. The number of hydrogen-bond donors (Lipinski definition) is 2. The van der Waals surface area contributed by atoms with Crippen molar-refractivity contribution in [3.8, 4) is 16.9 Å². The molecule has 96 valence electrons. The smallest absolute Gasteiger partial charge is 0.123 e. The largest absolute Gasteiger partial charge is 0.507 e. The maximum atomic E-state index is 9.92. The van der Waals surface area contributed by atoms with Crippen LogP contribution in [0.1, 0.15) is 12.1 Å². The molecule has 0 aliphatic carbocycles. The number of phenolic OH excluding ortho intramolecular Hbond substituents is 1. The third kappa shape index (κ3) is 2.54. The van der Waals surface area contributed by atoms with E-state index < -0.39 is 0 Å². The first-order chi connectivity index (χ1) is 8.74. The second-order valence-electron chi connectivity index (χ2n) is 4.35. The second-order valence-corrected chi connectivity index (χ2v) is 4.35. The Kier molecular flexibility index (Phi) is 3.99. The Morgan fingerprint density at radius 3 is 2.78 bits per heavy atom. The van der Waals surface area contributed by atoms with Crippen LogP contribution in [0.3, 0.4) is 0 Å². The van der Waals surface area contributed by atoms with Crippen LogP contribution in [0.15, 0.2) is 30.5 Å². The first-order valence-electron chi connectivity index (χ1n) is 6.18. The monoisotopic (exact) mass is 245 g/mol. The molecule has 0 unspecified atom stereocenters. The molecule has 18 heavy (non-hydrogen) atoms. The van der Waals surface area contributed by atoms with Gasteiger partial charge in [0.1, 0.15) is 5.75 Å². The van der Waals surface area contributed by atoms with E-state index in [9.17, 15) is 5.11 Å². The van der Waals surface area contributed by atoms with E-state index >= 15 is 0 Å². The molecule has 0 saturated heterocycles. The lowest BCUT2D eigenvalue weighted by Gasteiger charge is -2.07. The van der Waals surface area contributed by atoms with Gasteiger partial charge in [0.15, 0.2) is 0 Å². The minimum absolute atomic E-state index is 0.306. The summed E-state index contributed by atoms with van der Waals surface area (Å²) in [5.41, 5.74) is 3.03. The Balaban J connectivity index is 2.31. The van der Waals surface area contributed by atoms with Crippen molar-refractivity contribution < 1.29 is 5.11 Å². The molecule has 2 aromatic rings. The van der Waals surface area contributed by atoms with E-state index in [-0.39, 0.29) is 0 Å². The number of nitrogens with zero attached hydrogens (tertiary/aromatic N) is 2. The molecule has 1 aromatic carbocycles. The maximum Gasteiger partial charge on any atom is 0.123 e. The van der Waals surface area contributed by atoms with Gasteiger partial charge in [-0.15, -0.1) is 0 Å². The van der Waals surface area contributed by atoms with Crippen molar-refractivity contribution in [2.24, 2.45) is 7.05 Å². The lowest BCUT2D eigenvalue weighted by Crippen LogP contribution is -2.10. The SMILES string of the molecule is CNCCCc1c(-c2ccccc2O)cnn1C. The van der Waals surface area contributed by atoms with Crippen LogP contribution in [0.5, 0.6) is 5.75 Å². The standard InChI is InChI=1S/C14H19N3O/c1-15-9-5-7-13-12(10-16-17(13)2)11-6-3-4-8-14(11)18/h3-4,6,8,10,15,18H,5,7,9H2,1-2H3. The number of hydrogen-bond acceptors (Lipinski definition) is 3. The molecule has 4 nitrogen and oxygen atoms in total. The van der Waals surface area contributed by atoms with Crippen molar-refractivity contribution in [1.29, 1.82) is 0 Å². The minimum Gasteiger partial charge on any atom is -0.507 e. The molecular formula is C14H19N3O. The zero-order valence-electron chi connectivity index (χ0n) is 10.8. The number of para-hydroxylation sites is 1.